The van der Waals surface area contributed by atoms with Crippen LogP contribution in [0.15, 0.2) is 60.9 Å². The number of nitrogens with two attached hydrogens (primary N) is 1. The molecule has 0 aliphatic carbocycles. The van der Waals surface area contributed by atoms with Crippen molar-refractivity contribution in [3.05, 3.63) is 65.5 Å². The first kappa shape index (κ1) is 48.7. The SMILES string of the molecule is C/C=C\C=C/C(/C=C/C(=O)N[C@@H](CC(C)C)C(=O)N[C@H](CCC)C(=O)CN)COC.CC.O.O.O.S=c1cccc[nH]1.[HH].[HH]. The first-order valence-electron chi connectivity index (χ1n) is 13.6. The van der Waals surface area contributed by atoms with Gasteiger partial charge in [0.1, 0.15) is 10.7 Å². The number of ketones is 1. The van der Waals surface area contributed by atoms with Crippen LogP contribution in [0.3, 0.4) is 0 Å². The number of allylic oxidation sites excluding steroid dienone is 3. The number of rotatable bonds is 15. The molecular weight excluding hydrogens is 560 g/mol. The van der Waals surface area contributed by atoms with Crippen molar-refractivity contribution >= 4 is 29.8 Å². The average molecular weight is 621 g/mol. The van der Waals surface area contributed by atoms with Crippen molar-refractivity contribution in [3.63, 3.8) is 0 Å². The second kappa shape index (κ2) is 32.5. The molecule has 11 N–H and O–H groups in total. The van der Waals surface area contributed by atoms with E-state index in [9.17, 15) is 14.4 Å². The molecule has 0 aromatic carbocycles. The van der Waals surface area contributed by atoms with Gasteiger partial charge in [0.25, 0.3) is 0 Å². The third kappa shape index (κ3) is 25.9. The molecule has 248 valence electrons. The summed E-state index contributed by atoms with van der Waals surface area (Å²) >= 11 is 4.76. The minimum Gasteiger partial charge on any atom is -0.412 e. The van der Waals surface area contributed by atoms with Gasteiger partial charge >= 0.3 is 0 Å². The van der Waals surface area contributed by atoms with Crippen LogP contribution in [-0.2, 0) is 19.1 Å². The molecule has 0 fully saturated rings. The van der Waals surface area contributed by atoms with Crippen molar-refractivity contribution in [2.45, 2.75) is 72.9 Å². The van der Waals surface area contributed by atoms with Gasteiger partial charge in [-0.25, -0.2) is 0 Å². The lowest BCUT2D eigenvalue weighted by atomic mass is 10.0. The molecule has 1 aromatic rings. The Morgan fingerprint density at radius 3 is 2.14 bits per heavy atom. The van der Waals surface area contributed by atoms with E-state index in [1.165, 1.54) is 6.08 Å². The Hall–Kier alpha value is -3.00. The molecule has 0 saturated heterocycles. The van der Waals surface area contributed by atoms with Gasteiger partial charge in [-0.15, -0.1) is 0 Å². The van der Waals surface area contributed by atoms with Crippen LogP contribution >= 0.6 is 12.2 Å². The monoisotopic (exact) mass is 620 g/mol. The highest BCUT2D eigenvalue weighted by molar-refractivity contribution is 7.71. The fraction of sp³-hybridized carbons (Fsp3) is 0.533. The van der Waals surface area contributed by atoms with Crippen molar-refractivity contribution in [2.75, 3.05) is 20.3 Å². The lowest BCUT2D eigenvalue weighted by molar-refractivity contribution is -0.130. The van der Waals surface area contributed by atoms with Crippen LogP contribution < -0.4 is 16.4 Å². The molecule has 0 bridgehead atoms. The number of aromatic nitrogens is 1. The molecule has 0 aliphatic rings. The Morgan fingerprint density at radius 2 is 1.71 bits per heavy atom. The number of H-pyrrole nitrogens is 1. The Labute approximate surface area is 260 Å². The van der Waals surface area contributed by atoms with E-state index in [-0.39, 0.29) is 55.3 Å². The normalized spacial score (nSPS) is 12.3. The fourth-order valence-corrected chi connectivity index (χ4v) is 3.36. The largest absolute Gasteiger partial charge is 0.412 e. The van der Waals surface area contributed by atoms with Crippen molar-refractivity contribution in [2.24, 2.45) is 17.6 Å². The zero-order valence-corrected chi connectivity index (χ0v) is 27.1. The standard InChI is InChI=1S/C23H39N3O4.C5H5NS.C2H6.3H2O.2H2/c1-6-8-9-11-18(16-30-5)12-13-22(28)25-20(14-17(3)4)23(29)26-19(10-7-2)21(27)15-24;7-5-3-1-2-4-6-5;1-2;;;;;/h6,8-9,11-13,17-20H,7,10,14-16,24H2,1-5H3,(H,25,28)(H,26,29);1-4H,(H,6,7);1-2H3;3*1H2;2*1H/b8-6-,11-9-,13-12+;;;;;;;/t18?,19-,20+;;;;;;;/m1......./s1. The maximum atomic E-state index is 12.8. The molecule has 0 radical (unpaired) electrons. The van der Waals surface area contributed by atoms with Crippen LogP contribution in [0, 0.1) is 16.5 Å². The number of amides is 2. The third-order valence-corrected chi connectivity index (χ3v) is 5.27. The quantitative estimate of drug-likeness (QED) is 0.131. The summed E-state index contributed by atoms with van der Waals surface area (Å²) in [6.07, 6.45) is 14.3. The number of methoxy groups -OCH3 is 1. The van der Waals surface area contributed by atoms with E-state index < -0.39 is 12.1 Å². The average Bonchev–Trinajstić information content (AvgIpc) is 2.92. The second-order valence-electron chi connectivity index (χ2n) is 8.83. The van der Waals surface area contributed by atoms with Crippen molar-refractivity contribution < 1.29 is 38.4 Å². The number of hydrogen-bond donors (Lipinski definition) is 4. The number of hydrogen-bond acceptors (Lipinski definition) is 6. The lowest BCUT2D eigenvalue weighted by Gasteiger charge is -2.23. The molecule has 1 unspecified atom stereocenters. The number of nitrogens with one attached hydrogen (secondary N) is 3. The lowest BCUT2D eigenvalue weighted by Crippen LogP contribution is -2.52. The highest BCUT2D eigenvalue weighted by Gasteiger charge is 2.26. The summed E-state index contributed by atoms with van der Waals surface area (Å²) in [7, 11) is 1.60. The van der Waals surface area contributed by atoms with Crippen molar-refractivity contribution in [1.82, 2.24) is 15.6 Å². The van der Waals surface area contributed by atoms with Gasteiger partial charge in [-0.1, -0.05) is 89.7 Å². The third-order valence-electron chi connectivity index (χ3n) is 5.02. The molecule has 11 nitrogen and oxygen atoms in total. The molecule has 12 heteroatoms. The number of carbonyl (C=O) groups is 3. The Morgan fingerprint density at radius 1 is 1.07 bits per heavy atom. The van der Waals surface area contributed by atoms with Gasteiger partial charge in [0.15, 0.2) is 5.78 Å². The summed E-state index contributed by atoms with van der Waals surface area (Å²) in [6, 6.07) is 4.29. The molecule has 42 heavy (non-hydrogen) atoms. The van der Waals surface area contributed by atoms with Gasteiger partial charge < -0.3 is 42.5 Å². The summed E-state index contributed by atoms with van der Waals surface area (Å²) in [5.74, 6) is -0.828. The number of Topliss-reactive ketones (excluding diaryl/α,β-unsaturated/α-hetero) is 1. The highest BCUT2D eigenvalue weighted by atomic mass is 32.1. The van der Waals surface area contributed by atoms with Gasteiger partial charge in [-0.2, -0.15) is 0 Å². The minimum atomic E-state index is -0.730. The summed E-state index contributed by atoms with van der Waals surface area (Å²) in [4.78, 5) is 40.0. The van der Waals surface area contributed by atoms with Gasteiger partial charge in [0.05, 0.1) is 19.2 Å². The van der Waals surface area contributed by atoms with E-state index in [2.05, 4.69) is 15.6 Å². The Kier molecular flexibility index (Phi) is 37.7. The molecule has 0 saturated carbocycles. The first-order chi connectivity index (χ1) is 18.7. The highest BCUT2D eigenvalue weighted by Crippen LogP contribution is 2.08. The minimum absolute atomic E-state index is 0. The summed E-state index contributed by atoms with van der Waals surface area (Å²) in [5, 5.41) is 5.51. The van der Waals surface area contributed by atoms with E-state index in [4.69, 9.17) is 22.7 Å². The van der Waals surface area contributed by atoms with Gasteiger partial charge in [0.2, 0.25) is 11.8 Å². The molecule has 2 amide bonds. The number of pyridine rings is 1. The molecular formula is C30H60N4O7S. The van der Waals surface area contributed by atoms with E-state index >= 15 is 0 Å². The summed E-state index contributed by atoms with van der Waals surface area (Å²) < 4.78 is 5.95. The molecule has 3 atom stereocenters. The van der Waals surface area contributed by atoms with Crippen LogP contribution in [0.4, 0.5) is 0 Å². The number of aromatic amines is 1. The zero-order valence-electron chi connectivity index (χ0n) is 26.2. The van der Waals surface area contributed by atoms with Crippen molar-refractivity contribution in [1.29, 1.82) is 0 Å². The van der Waals surface area contributed by atoms with E-state index in [1.54, 1.807) is 13.2 Å². The molecule has 1 aromatic heterocycles. The summed E-state index contributed by atoms with van der Waals surface area (Å²) in [6.45, 7) is 12.1. The predicted molar refractivity (Wildman–Crippen MR) is 179 cm³/mol. The number of ether oxygens (including phenoxy) is 1. The van der Waals surface area contributed by atoms with Gasteiger partial charge in [-0.3, -0.25) is 14.4 Å². The van der Waals surface area contributed by atoms with Crippen LogP contribution in [0.1, 0.15) is 63.7 Å². The molecule has 1 heterocycles. The molecule has 0 aliphatic heterocycles. The van der Waals surface area contributed by atoms with Crippen LogP contribution in [0.2, 0.25) is 0 Å². The topological polar surface area (TPSA) is 221 Å². The first-order valence-corrected chi connectivity index (χ1v) is 14.0. The Balaban J connectivity index is -0.000000169. The second-order valence-corrected chi connectivity index (χ2v) is 9.27. The molecule has 1 rings (SSSR count). The van der Waals surface area contributed by atoms with E-state index in [1.807, 2.05) is 90.2 Å². The number of carbonyl (C=O) groups excluding carboxylic acids is 3. The predicted octanol–water partition coefficient (Wildman–Crippen LogP) is 3.07. The summed E-state index contributed by atoms with van der Waals surface area (Å²) in [5.41, 5.74) is 5.45. The maximum absolute atomic E-state index is 12.8. The Bertz CT molecular complexity index is 944. The van der Waals surface area contributed by atoms with E-state index in [0.29, 0.717) is 19.4 Å². The van der Waals surface area contributed by atoms with Gasteiger partial charge in [0, 0.05) is 22.1 Å². The van der Waals surface area contributed by atoms with Gasteiger partial charge in [-0.05, 0) is 43.9 Å². The fourth-order valence-electron chi connectivity index (χ4n) is 3.21. The maximum Gasteiger partial charge on any atom is 0.244 e. The van der Waals surface area contributed by atoms with Crippen LogP contribution in [-0.4, -0.2) is 71.4 Å². The van der Waals surface area contributed by atoms with Crippen LogP contribution in [0.25, 0.3) is 0 Å². The van der Waals surface area contributed by atoms with E-state index in [0.717, 1.165) is 11.1 Å². The smallest absolute Gasteiger partial charge is 0.244 e. The van der Waals surface area contributed by atoms with Crippen LogP contribution in [0.5, 0.6) is 0 Å². The molecule has 0 spiro atoms. The zero-order chi connectivity index (χ0) is 30.1. The van der Waals surface area contributed by atoms with Crippen molar-refractivity contribution in [3.8, 4) is 0 Å².